The topological polar surface area (TPSA) is 99.5 Å². The van der Waals surface area contributed by atoms with E-state index in [1.807, 2.05) is 6.07 Å². The minimum atomic E-state index is -4.62. The number of nitrogens with zero attached hydrogens (tertiary/aromatic N) is 2. The molecule has 0 aliphatic carbocycles. The van der Waals surface area contributed by atoms with Crippen molar-refractivity contribution in [3.63, 3.8) is 0 Å². The second-order valence-corrected chi connectivity index (χ2v) is 9.46. The number of amides is 1. The summed E-state index contributed by atoms with van der Waals surface area (Å²) >= 11 is 0. The Morgan fingerprint density at radius 2 is 1.70 bits per heavy atom. The molecule has 3 rings (SSSR count). The van der Waals surface area contributed by atoms with Gasteiger partial charge in [-0.25, -0.2) is 8.42 Å². The number of nitrogens with one attached hydrogen (secondary N) is 1. The van der Waals surface area contributed by atoms with E-state index in [1.165, 1.54) is 34.6 Å². The van der Waals surface area contributed by atoms with Crippen LogP contribution in [0.2, 0.25) is 0 Å². The lowest BCUT2D eigenvalue weighted by Gasteiger charge is -2.21. The quantitative estimate of drug-likeness (QED) is 0.663. The Kier molecular flexibility index (Phi) is 7.61. The van der Waals surface area contributed by atoms with Crippen molar-refractivity contribution >= 4 is 21.6 Å². The molecule has 0 unspecified atom stereocenters. The third-order valence-electron chi connectivity index (χ3n) is 5.07. The van der Waals surface area contributed by atoms with Crippen molar-refractivity contribution in [1.82, 2.24) is 4.31 Å². The maximum Gasteiger partial charge on any atom is 0.422 e. The van der Waals surface area contributed by atoms with Crippen LogP contribution in [-0.2, 0) is 10.0 Å². The van der Waals surface area contributed by atoms with E-state index in [0.717, 1.165) is 25.0 Å². The zero-order chi connectivity index (χ0) is 24.1. The molecule has 33 heavy (non-hydrogen) atoms. The lowest BCUT2D eigenvalue weighted by Crippen LogP contribution is -2.32. The molecule has 1 amide bonds. The number of carbonyl (C=O) groups excluding carboxylic acids is 1. The summed E-state index contributed by atoms with van der Waals surface area (Å²) < 4.78 is 70.4. The van der Waals surface area contributed by atoms with Crippen molar-refractivity contribution in [2.75, 3.05) is 25.0 Å². The number of anilines is 1. The van der Waals surface area contributed by atoms with Gasteiger partial charge in [-0.2, -0.15) is 22.7 Å². The van der Waals surface area contributed by atoms with Crippen molar-refractivity contribution in [1.29, 1.82) is 5.26 Å². The summed E-state index contributed by atoms with van der Waals surface area (Å²) in [5.74, 6) is -1.01. The summed E-state index contributed by atoms with van der Waals surface area (Å²) in [7, 11) is -3.91. The summed E-state index contributed by atoms with van der Waals surface area (Å²) in [4.78, 5) is 12.5. The predicted molar refractivity (Wildman–Crippen MR) is 114 cm³/mol. The number of ether oxygens (including phenoxy) is 1. The van der Waals surface area contributed by atoms with Gasteiger partial charge in [0.2, 0.25) is 10.0 Å². The summed E-state index contributed by atoms with van der Waals surface area (Å²) in [6, 6.07) is 10.9. The number of halogens is 3. The molecule has 176 valence electrons. The SMILES string of the molecule is N#Cc1ccc(C(=O)Nc2cc(S(=O)(=O)N3CCCCCC3)ccc2OCC(F)(F)F)cc1. The molecule has 7 nitrogen and oxygen atoms in total. The standard InChI is InChI=1S/C22H22F3N3O4S/c23-22(24,25)15-32-20-10-9-18(33(30,31)28-11-3-1-2-4-12-28)13-19(20)27-21(29)17-7-5-16(14-26)6-8-17/h5-10,13H,1-4,11-12,15H2,(H,27,29). The molecule has 0 saturated carbocycles. The van der Waals surface area contributed by atoms with Crippen molar-refractivity contribution in [2.45, 2.75) is 36.8 Å². The molecule has 0 spiro atoms. The molecule has 1 heterocycles. The van der Waals surface area contributed by atoms with Crippen molar-refractivity contribution < 1.29 is 31.1 Å². The Morgan fingerprint density at radius 1 is 1.06 bits per heavy atom. The first kappa shape index (κ1) is 24.5. The minimum absolute atomic E-state index is 0.136. The highest BCUT2D eigenvalue weighted by molar-refractivity contribution is 7.89. The van der Waals surface area contributed by atoms with E-state index in [9.17, 15) is 26.4 Å². The highest BCUT2D eigenvalue weighted by Crippen LogP contribution is 2.32. The Morgan fingerprint density at radius 3 is 2.27 bits per heavy atom. The van der Waals surface area contributed by atoms with E-state index in [1.54, 1.807) is 0 Å². The normalized spacial score (nSPS) is 15.3. The molecular formula is C22H22F3N3O4S. The van der Waals surface area contributed by atoms with Crippen LogP contribution in [0.3, 0.4) is 0 Å². The molecule has 0 radical (unpaired) electrons. The number of hydrogen-bond donors (Lipinski definition) is 1. The molecule has 1 aliphatic heterocycles. The number of carbonyl (C=O) groups is 1. The molecule has 1 aliphatic rings. The number of alkyl halides is 3. The van der Waals surface area contributed by atoms with Crippen LogP contribution in [0.4, 0.5) is 18.9 Å². The summed E-state index contributed by atoms with van der Waals surface area (Å²) in [6.07, 6.45) is -1.35. The second kappa shape index (κ2) is 10.2. The van der Waals surface area contributed by atoms with Crippen LogP contribution in [0, 0.1) is 11.3 Å². The third-order valence-corrected chi connectivity index (χ3v) is 6.96. The van der Waals surface area contributed by atoms with Crippen LogP contribution in [-0.4, -0.2) is 44.5 Å². The van der Waals surface area contributed by atoms with Gasteiger partial charge in [-0.3, -0.25) is 4.79 Å². The summed E-state index contributed by atoms with van der Waals surface area (Å²) in [6.45, 7) is -0.909. The highest BCUT2D eigenvalue weighted by Gasteiger charge is 2.30. The molecule has 0 aromatic heterocycles. The van der Waals surface area contributed by atoms with Gasteiger partial charge in [-0.15, -0.1) is 0 Å². The van der Waals surface area contributed by atoms with E-state index >= 15 is 0 Å². The van der Waals surface area contributed by atoms with Crippen LogP contribution < -0.4 is 10.1 Å². The molecule has 2 aromatic carbocycles. The van der Waals surface area contributed by atoms with Gasteiger partial charge in [0.15, 0.2) is 6.61 Å². The average Bonchev–Trinajstić information content (AvgIpc) is 3.08. The number of rotatable bonds is 6. The molecular weight excluding hydrogens is 459 g/mol. The van der Waals surface area contributed by atoms with Crippen LogP contribution >= 0.6 is 0 Å². The first-order valence-corrected chi connectivity index (χ1v) is 11.7. The van der Waals surface area contributed by atoms with Gasteiger partial charge >= 0.3 is 6.18 Å². The maximum atomic E-state index is 13.1. The zero-order valence-electron chi connectivity index (χ0n) is 17.6. The van der Waals surface area contributed by atoms with E-state index < -0.39 is 28.7 Å². The van der Waals surface area contributed by atoms with E-state index in [2.05, 4.69) is 5.32 Å². The zero-order valence-corrected chi connectivity index (χ0v) is 18.4. The first-order chi connectivity index (χ1) is 15.6. The monoisotopic (exact) mass is 481 g/mol. The van der Waals surface area contributed by atoms with Gasteiger partial charge in [-0.1, -0.05) is 12.8 Å². The van der Waals surface area contributed by atoms with Gasteiger partial charge in [0.05, 0.1) is 22.2 Å². The van der Waals surface area contributed by atoms with E-state index in [0.29, 0.717) is 31.5 Å². The van der Waals surface area contributed by atoms with Crippen molar-refractivity contribution in [3.05, 3.63) is 53.6 Å². The molecule has 1 N–H and O–H groups in total. The van der Waals surface area contributed by atoms with Gasteiger partial charge < -0.3 is 10.1 Å². The Bertz CT molecular complexity index is 1130. The molecule has 1 fully saturated rings. The van der Waals surface area contributed by atoms with Crippen LogP contribution in [0.5, 0.6) is 5.75 Å². The number of hydrogen-bond acceptors (Lipinski definition) is 5. The van der Waals surface area contributed by atoms with Crippen molar-refractivity contribution in [3.8, 4) is 11.8 Å². The van der Waals surface area contributed by atoms with Crippen LogP contribution in [0.25, 0.3) is 0 Å². The van der Waals surface area contributed by atoms with Gasteiger partial charge in [0.25, 0.3) is 5.91 Å². The molecule has 1 saturated heterocycles. The third kappa shape index (κ3) is 6.46. The fraction of sp³-hybridized carbons (Fsp3) is 0.364. The van der Waals surface area contributed by atoms with E-state index in [4.69, 9.17) is 10.00 Å². The molecule has 11 heteroatoms. The minimum Gasteiger partial charge on any atom is -0.482 e. The Balaban J connectivity index is 1.93. The Hall–Kier alpha value is -3.10. The number of sulfonamides is 1. The largest absolute Gasteiger partial charge is 0.482 e. The predicted octanol–water partition coefficient (Wildman–Crippen LogP) is 4.32. The lowest BCUT2D eigenvalue weighted by molar-refractivity contribution is -0.153. The highest BCUT2D eigenvalue weighted by atomic mass is 32.2. The Labute approximate surface area is 189 Å². The summed E-state index contributed by atoms with van der Waals surface area (Å²) in [5.41, 5.74) is 0.257. The first-order valence-electron chi connectivity index (χ1n) is 10.3. The molecule has 2 aromatic rings. The van der Waals surface area contributed by atoms with Crippen LogP contribution in [0.15, 0.2) is 47.4 Å². The smallest absolute Gasteiger partial charge is 0.422 e. The van der Waals surface area contributed by atoms with Gasteiger partial charge in [0, 0.05) is 18.7 Å². The fourth-order valence-corrected chi connectivity index (χ4v) is 4.92. The molecule has 0 atom stereocenters. The lowest BCUT2D eigenvalue weighted by atomic mass is 10.1. The van der Waals surface area contributed by atoms with Crippen LogP contribution in [0.1, 0.15) is 41.6 Å². The summed E-state index contributed by atoms with van der Waals surface area (Å²) in [5, 5.41) is 11.3. The fourth-order valence-electron chi connectivity index (χ4n) is 3.37. The van der Waals surface area contributed by atoms with Gasteiger partial charge in [-0.05, 0) is 55.3 Å². The second-order valence-electron chi connectivity index (χ2n) is 7.52. The average molecular weight is 481 g/mol. The van der Waals surface area contributed by atoms with E-state index in [-0.39, 0.29) is 21.9 Å². The maximum absolute atomic E-state index is 13.1. The van der Waals surface area contributed by atoms with Crippen molar-refractivity contribution in [2.24, 2.45) is 0 Å². The van der Waals surface area contributed by atoms with Gasteiger partial charge in [0.1, 0.15) is 5.75 Å². The molecule has 0 bridgehead atoms. The number of benzene rings is 2. The number of nitriles is 1.